The van der Waals surface area contributed by atoms with E-state index >= 15 is 0 Å². The molecule has 3 saturated carbocycles. The molecule has 1 aromatic rings. The molecule has 4 aliphatic rings. The predicted octanol–water partition coefficient (Wildman–Crippen LogP) is 4.15. The van der Waals surface area contributed by atoms with E-state index in [0.717, 1.165) is 57.2 Å². The van der Waals surface area contributed by atoms with Crippen LogP contribution >= 0.6 is 0 Å². The van der Waals surface area contributed by atoms with Crippen molar-refractivity contribution in [1.82, 2.24) is 5.32 Å². The third kappa shape index (κ3) is 2.89. The van der Waals surface area contributed by atoms with Crippen LogP contribution in [0.25, 0.3) is 0 Å². The Bertz CT molecular complexity index is 836. The monoisotopic (exact) mass is 429 g/mol. The van der Waals surface area contributed by atoms with Gasteiger partial charge in [-0.2, -0.15) is 0 Å². The van der Waals surface area contributed by atoms with Gasteiger partial charge in [-0.1, -0.05) is 25.5 Å². The highest BCUT2D eigenvalue weighted by molar-refractivity contribution is 5.33. The first-order valence-corrected chi connectivity index (χ1v) is 12.2. The van der Waals surface area contributed by atoms with Crippen LogP contribution in [0, 0.1) is 22.7 Å². The number of hydrogen-bond donors (Lipinski definition) is 3. The molecule has 31 heavy (non-hydrogen) atoms. The summed E-state index contributed by atoms with van der Waals surface area (Å²) in [6.07, 6.45) is 13.3. The van der Waals surface area contributed by atoms with Gasteiger partial charge in [-0.25, -0.2) is 0 Å². The molecule has 5 heteroatoms. The van der Waals surface area contributed by atoms with Gasteiger partial charge in [0.1, 0.15) is 5.60 Å². The fourth-order valence-corrected chi connectivity index (χ4v) is 8.09. The largest absolute Gasteiger partial charge is 0.472 e. The SMILES string of the molecule is CNCCOC1C=C2CC[C@@H]3[C@@H](CC[C@]4(C)C(O)(c5ccoc5)CC[C@@]34O)[C@@]2(C)CC1. The maximum absolute atomic E-state index is 12.3. The molecule has 1 aromatic heterocycles. The normalized spacial score (nSPS) is 46.7. The lowest BCUT2D eigenvalue weighted by Crippen LogP contribution is -2.63. The van der Waals surface area contributed by atoms with E-state index in [1.807, 2.05) is 13.1 Å². The molecule has 3 N–H and O–H groups in total. The molecule has 2 unspecified atom stereocenters. The average Bonchev–Trinajstić information content (AvgIpc) is 3.36. The Balaban J connectivity index is 1.42. The highest BCUT2D eigenvalue weighted by Crippen LogP contribution is 2.71. The number of allylic oxidation sites excluding steroid dienone is 1. The lowest BCUT2D eigenvalue weighted by molar-refractivity contribution is -0.222. The van der Waals surface area contributed by atoms with Crippen molar-refractivity contribution in [1.29, 1.82) is 0 Å². The molecular weight excluding hydrogens is 390 g/mol. The second kappa shape index (κ2) is 7.44. The first-order chi connectivity index (χ1) is 14.8. The molecule has 1 heterocycles. The van der Waals surface area contributed by atoms with Gasteiger partial charge in [-0.05, 0) is 81.7 Å². The van der Waals surface area contributed by atoms with E-state index in [-0.39, 0.29) is 17.4 Å². The second-order valence-electron chi connectivity index (χ2n) is 11.1. The van der Waals surface area contributed by atoms with E-state index in [1.54, 1.807) is 18.1 Å². The van der Waals surface area contributed by atoms with Crippen molar-refractivity contribution in [3.63, 3.8) is 0 Å². The Kier molecular flexibility index (Phi) is 5.21. The van der Waals surface area contributed by atoms with Crippen molar-refractivity contribution in [3.05, 3.63) is 35.8 Å². The summed E-state index contributed by atoms with van der Waals surface area (Å²) in [5.41, 5.74) is 0.109. The molecule has 0 saturated heterocycles. The average molecular weight is 430 g/mol. The van der Waals surface area contributed by atoms with E-state index < -0.39 is 16.6 Å². The molecule has 5 rings (SSSR count). The molecule has 7 atom stereocenters. The minimum atomic E-state index is -1.02. The van der Waals surface area contributed by atoms with Crippen LogP contribution in [-0.4, -0.2) is 42.1 Å². The maximum Gasteiger partial charge on any atom is 0.101 e. The summed E-state index contributed by atoms with van der Waals surface area (Å²) in [6, 6.07) is 1.88. The van der Waals surface area contributed by atoms with Gasteiger partial charge < -0.3 is 24.7 Å². The first kappa shape index (κ1) is 21.7. The van der Waals surface area contributed by atoms with Gasteiger partial charge in [0, 0.05) is 17.5 Å². The van der Waals surface area contributed by atoms with Crippen molar-refractivity contribution in [2.45, 2.75) is 82.5 Å². The summed E-state index contributed by atoms with van der Waals surface area (Å²) in [5, 5.41) is 27.3. The van der Waals surface area contributed by atoms with Gasteiger partial charge in [0.25, 0.3) is 0 Å². The number of nitrogens with one attached hydrogen (secondary N) is 1. The first-order valence-electron chi connectivity index (χ1n) is 12.2. The third-order valence-corrected chi connectivity index (χ3v) is 10.1. The van der Waals surface area contributed by atoms with Gasteiger partial charge >= 0.3 is 0 Å². The molecule has 0 aromatic carbocycles. The Labute approximate surface area is 186 Å². The highest BCUT2D eigenvalue weighted by atomic mass is 16.5. The van der Waals surface area contributed by atoms with Crippen molar-refractivity contribution >= 4 is 0 Å². The zero-order valence-electron chi connectivity index (χ0n) is 19.3. The molecule has 0 radical (unpaired) electrons. The lowest BCUT2D eigenvalue weighted by Gasteiger charge is -2.62. The third-order valence-electron chi connectivity index (χ3n) is 10.1. The van der Waals surface area contributed by atoms with Gasteiger partial charge in [-0.3, -0.25) is 0 Å². The van der Waals surface area contributed by atoms with Crippen molar-refractivity contribution in [2.24, 2.45) is 22.7 Å². The number of ether oxygens (including phenoxy) is 1. The summed E-state index contributed by atoms with van der Waals surface area (Å²) < 4.78 is 11.4. The Morgan fingerprint density at radius 3 is 2.68 bits per heavy atom. The zero-order chi connectivity index (χ0) is 21.9. The minimum Gasteiger partial charge on any atom is -0.472 e. The molecule has 5 nitrogen and oxygen atoms in total. The van der Waals surface area contributed by atoms with Crippen LogP contribution in [0.4, 0.5) is 0 Å². The number of furan rings is 1. The quantitative estimate of drug-likeness (QED) is 0.484. The molecular formula is C26H39NO4. The summed E-state index contributed by atoms with van der Waals surface area (Å²) in [4.78, 5) is 0. The van der Waals surface area contributed by atoms with Crippen molar-refractivity contribution in [2.75, 3.05) is 20.2 Å². The number of hydrogen-bond acceptors (Lipinski definition) is 5. The zero-order valence-corrected chi connectivity index (χ0v) is 19.3. The summed E-state index contributed by atoms with van der Waals surface area (Å²) in [6.45, 7) is 6.19. The fraction of sp³-hybridized carbons (Fsp3) is 0.769. The van der Waals surface area contributed by atoms with Crippen LogP contribution in [0.3, 0.4) is 0 Å². The molecule has 172 valence electrons. The maximum atomic E-state index is 12.3. The van der Waals surface area contributed by atoms with Crippen molar-refractivity contribution < 1.29 is 19.4 Å². The Morgan fingerprint density at radius 1 is 1.10 bits per heavy atom. The van der Waals surface area contributed by atoms with Crippen LogP contribution in [0.2, 0.25) is 0 Å². The van der Waals surface area contributed by atoms with E-state index in [4.69, 9.17) is 9.15 Å². The number of likely N-dealkylation sites (N-methyl/N-ethyl adjacent to an activating group) is 1. The summed E-state index contributed by atoms with van der Waals surface area (Å²) in [5.74, 6) is 0.701. The van der Waals surface area contributed by atoms with E-state index in [2.05, 4.69) is 25.2 Å². The van der Waals surface area contributed by atoms with Crippen LogP contribution in [-0.2, 0) is 10.3 Å². The molecule has 0 aliphatic heterocycles. The fourth-order valence-electron chi connectivity index (χ4n) is 8.09. The standard InChI is InChI=1S/C26H39NO4/c1-23-9-6-20(31-15-13-27-3)16-18(23)4-5-22-21(23)7-10-24(2)25(28,11-12-26(22,24)29)19-8-14-30-17-19/h8,14,16-17,20-22,27-29H,4-7,9-13,15H2,1-3H3/t20?,21-,22-,23+,24-,25?,26-/m1/s1. The molecule has 0 spiro atoms. The molecule has 3 fully saturated rings. The van der Waals surface area contributed by atoms with Gasteiger partial charge in [0.05, 0.1) is 30.8 Å². The van der Waals surface area contributed by atoms with Gasteiger partial charge in [0.2, 0.25) is 0 Å². The summed E-state index contributed by atoms with van der Waals surface area (Å²) >= 11 is 0. The lowest BCUT2D eigenvalue weighted by atomic mass is 9.44. The molecule has 4 aliphatic carbocycles. The van der Waals surface area contributed by atoms with Crippen molar-refractivity contribution in [3.8, 4) is 0 Å². The summed E-state index contributed by atoms with van der Waals surface area (Å²) in [7, 11) is 1.96. The van der Waals surface area contributed by atoms with Crippen LogP contribution in [0.15, 0.2) is 34.7 Å². The Hall–Kier alpha value is -1.14. The second-order valence-corrected chi connectivity index (χ2v) is 11.1. The van der Waals surface area contributed by atoms with Crippen LogP contribution in [0.1, 0.15) is 70.8 Å². The highest BCUT2D eigenvalue weighted by Gasteiger charge is 2.71. The van der Waals surface area contributed by atoms with E-state index in [0.29, 0.717) is 18.8 Å². The Morgan fingerprint density at radius 2 is 1.94 bits per heavy atom. The molecule has 0 amide bonds. The van der Waals surface area contributed by atoms with Crippen LogP contribution < -0.4 is 5.32 Å². The predicted molar refractivity (Wildman–Crippen MR) is 119 cm³/mol. The van der Waals surface area contributed by atoms with Gasteiger partial charge in [-0.15, -0.1) is 0 Å². The number of rotatable bonds is 5. The number of fused-ring (bicyclic) bond motifs is 5. The topological polar surface area (TPSA) is 74.9 Å². The van der Waals surface area contributed by atoms with E-state index in [9.17, 15) is 10.2 Å². The molecule has 0 bridgehead atoms. The smallest absolute Gasteiger partial charge is 0.101 e. The van der Waals surface area contributed by atoms with E-state index in [1.165, 1.54) is 0 Å². The van der Waals surface area contributed by atoms with Crippen LogP contribution in [0.5, 0.6) is 0 Å². The number of aliphatic hydroxyl groups is 2. The minimum absolute atomic E-state index is 0.138. The van der Waals surface area contributed by atoms with Gasteiger partial charge in [0.15, 0.2) is 0 Å².